The van der Waals surface area contributed by atoms with E-state index in [9.17, 15) is 14.0 Å². The molecule has 0 saturated carbocycles. The molecule has 0 unspecified atom stereocenters. The fraction of sp³-hybridized carbons (Fsp3) is 0.400. The first-order valence-electron chi connectivity index (χ1n) is 17.2. The van der Waals surface area contributed by atoms with Crippen LogP contribution in [0.4, 0.5) is 20.7 Å². The highest BCUT2D eigenvalue weighted by Gasteiger charge is 2.40. The lowest BCUT2D eigenvalue weighted by atomic mass is 9.99. The van der Waals surface area contributed by atoms with E-state index in [-0.39, 0.29) is 11.6 Å². The Bertz CT molecular complexity index is 2120. The van der Waals surface area contributed by atoms with Gasteiger partial charge in [-0.1, -0.05) is 0 Å². The van der Waals surface area contributed by atoms with Crippen LogP contribution in [0.2, 0.25) is 0 Å². The minimum atomic E-state index is -2.49. The summed E-state index contributed by atoms with van der Waals surface area (Å²) in [5.41, 5.74) is 3.67. The zero-order valence-electron chi connectivity index (χ0n) is 30.2. The molecule has 5 heterocycles. The normalized spacial score (nSPS) is 18.8. The van der Waals surface area contributed by atoms with Crippen molar-refractivity contribution >= 4 is 34.4 Å². The molecule has 2 aromatic carbocycles. The van der Waals surface area contributed by atoms with Gasteiger partial charge in [0.05, 0.1) is 46.3 Å². The van der Waals surface area contributed by atoms with Crippen LogP contribution in [-0.2, 0) is 29.3 Å². The summed E-state index contributed by atoms with van der Waals surface area (Å²) >= 11 is 0. The van der Waals surface area contributed by atoms with Crippen LogP contribution < -0.4 is 14.5 Å². The molecular weight excluding hydrogens is 601 g/mol. The van der Waals surface area contributed by atoms with Crippen LogP contribution in [0.3, 0.4) is 0 Å². The molecule has 0 bridgehead atoms. The summed E-state index contributed by atoms with van der Waals surface area (Å²) in [7, 11) is 0. The molecule has 244 valence electrons. The maximum Gasteiger partial charge on any atom is 0.410 e. The molecule has 0 saturated heterocycles. The number of anilines is 2. The molecule has 0 aliphatic carbocycles. The monoisotopic (exact) mass is 642 g/mol. The van der Waals surface area contributed by atoms with Crippen molar-refractivity contribution in [1.29, 1.82) is 0 Å². The number of ether oxygens (including phenoxy) is 2. The van der Waals surface area contributed by atoms with E-state index in [1.807, 2.05) is 27.7 Å². The molecule has 1 amide bonds. The smallest absolute Gasteiger partial charge is 0.410 e. The van der Waals surface area contributed by atoms with Crippen molar-refractivity contribution in [3.63, 3.8) is 0 Å². The highest BCUT2D eigenvalue weighted by atomic mass is 19.1. The molecule has 1 atom stereocenters. The largest absolute Gasteiger partial charge is 0.491 e. The Morgan fingerprint density at radius 3 is 2.55 bits per heavy atom. The standard InChI is InChI=1S/C35H38FN7O4/c1-20-17-23(18-21(2)31(20)36)43-33(29-22(3)40(13-12-25(29)38-43)34(45)47-35(4,5)6)42-15-14-41(28(42)19-44)27-11-10-26-30-24(37-39(26)7)9-8-16-46-32(27)30/h10-11,14-15,17-18,22H,8-9,12-13,16H2,1-7H3/t22-/m0/s1/i7D3. The van der Waals surface area contributed by atoms with E-state index in [1.165, 1.54) is 0 Å². The lowest BCUT2D eigenvalue weighted by Crippen LogP contribution is -2.42. The van der Waals surface area contributed by atoms with Gasteiger partial charge in [0, 0.05) is 42.0 Å². The third kappa shape index (κ3) is 4.95. The molecule has 3 aliphatic heterocycles. The average molecular weight is 643 g/mol. The zero-order valence-corrected chi connectivity index (χ0v) is 27.2. The Morgan fingerprint density at radius 2 is 1.85 bits per heavy atom. The Kier molecular flexibility index (Phi) is 6.34. The van der Waals surface area contributed by atoms with Crippen LogP contribution in [0, 0.1) is 19.7 Å². The molecule has 0 fully saturated rings. The number of aryl methyl sites for hydroxylation is 4. The van der Waals surface area contributed by atoms with Gasteiger partial charge in [0.1, 0.15) is 17.2 Å². The van der Waals surface area contributed by atoms with E-state index in [2.05, 4.69) is 11.0 Å². The summed E-state index contributed by atoms with van der Waals surface area (Å²) in [5, 5.41) is 10.0. The fourth-order valence-electron chi connectivity index (χ4n) is 6.70. The first-order valence-corrected chi connectivity index (χ1v) is 15.7. The van der Waals surface area contributed by atoms with Crippen LogP contribution in [0.25, 0.3) is 16.6 Å². The van der Waals surface area contributed by atoms with Crippen molar-refractivity contribution < 1.29 is 27.6 Å². The first-order chi connectivity index (χ1) is 23.6. The number of hydrogen-bond acceptors (Lipinski definition) is 8. The molecule has 2 aromatic heterocycles. The van der Waals surface area contributed by atoms with Gasteiger partial charge in [-0.15, -0.1) is 0 Å². The summed E-state index contributed by atoms with van der Waals surface area (Å²) in [5.74, 6) is 2.76. The predicted octanol–water partition coefficient (Wildman–Crippen LogP) is 6.16. The van der Waals surface area contributed by atoms with Crippen molar-refractivity contribution in [2.24, 2.45) is 6.98 Å². The quantitative estimate of drug-likeness (QED) is 0.245. The van der Waals surface area contributed by atoms with E-state index in [0.29, 0.717) is 88.6 Å². The van der Waals surface area contributed by atoms with Gasteiger partial charge in [0.15, 0.2) is 11.7 Å². The third-order valence-corrected chi connectivity index (χ3v) is 8.80. The van der Waals surface area contributed by atoms with E-state index >= 15 is 0 Å². The van der Waals surface area contributed by atoms with Crippen LogP contribution in [0.1, 0.15) is 72.3 Å². The van der Waals surface area contributed by atoms with Crippen LogP contribution in [-0.4, -0.2) is 55.2 Å². The van der Waals surface area contributed by atoms with Crippen molar-refractivity contribution in [2.75, 3.05) is 23.0 Å². The minimum absolute atomic E-state index is 0.0827. The molecule has 12 heteroatoms. The number of amides is 1. The molecule has 0 spiro atoms. The van der Waals surface area contributed by atoms with Crippen LogP contribution in [0.5, 0.6) is 5.75 Å². The van der Waals surface area contributed by atoms with Crippen molar-refractivity contribution in [3.8, 4) is 11.4 Å². The van der Waals surface area contributed by atoms with Gasteiger partial charge in [-0.3, -0.25) is 14.5 Å². The van der Waals surface area contributed by atoms with Gasteiger partial charge < -0.3 is 14.4 Å². The first kappa shape index (κ1) is 27.1. The summed E-state index contributed by atoms with van der Waals surface area (Å²) in [6.45, 7) is 8.94. The third-order valence-electron chi connectivity index (χ3n) is 8.80. The van der Waals surface area contributed by atoms with Gasteiger partial charge >= 0.3 is 6.09 Å². The van der Waals surface area contributed by atoms with Crippen molar-refractivity contribution in [3.05, 3.63) is 76.4 Å². The van der Waals surface area contributed by atoms with Gasteiger partial charge in [-0.2, -0.15) is 10.2 Å². The predicted molar refractivity (Wildman–Crippen MR) is 176 cm³/mol. The van der Waals surface area contributed by atoms with Gasteiger partial charge in [-0.05, 0) is 89.8 Å². The lowest BCUT2D eigenvalue weighted by Gasteiger charge is -2.35. The zero-order chi connectivity index (χ0) is 35.9. The van der Waals surface area contributed by atoms with Crippen molar-refractivity contribution in [2.45, 2.75) is 72.4 Å². The second kappa shape index (κ2) is 11.0. The number of aromatic nitrogens is 4. The number of fused-ring (bicyclic) bond motifs is 1. The number of hydrogen-bond donors (Lipinski definition) is 0. The number of carbonyl (C=O) groups is 1. The number of halogens is 1. The Morgan fingerprint density at radius 1 is 1.11 bits per heavy atom. The van der Waals surface area contributed by atoms with Crippen molar-refractivity contribution in [1.82, 2.24) is 24.5 Å². The fourth-order valence-corrected chi connectivity index (χ4v) is 6.70. The lowest BCUT2D eigenvalue weighted by molar-refractivity contribution is 0.0160. The average Bonchev–Trinajstić information content (AvgIpc) is 3.70. The van der Waals surface area contributed by atoms with E-state index < -0.39 is 24.7 Å². The second-order valence-corrected chi connectivity index (χ2v) is 13.2. The highest BCUT2D eigenvalue weighted by Crippen LogP contribution is 2.46. The topological polar surface area (TPSA) is 98.0 Å². The molecule has 0 radical (unpaired) electrons. The summed E-state index contributed by atoms with van der Waals surface area (Å²) in [4.78, 5) is 31.4. The Labute approximate surface area is 276 Å². The Hall–Kier alpha value is -5.09. The van der Waals surface area contributed by atoms with E-state index in [0.717, 1.165) is 10.4 Å². The molecular formula is C35H38FN7O4. The van der Waals surface area contributed by atoms with Gasteiger partial charge in [-0.25, -0.2) is 18.7 Å². The maximum atomic E-state index is 14.8. The summed E-state index contributed by atoms with van der Waals surface area (Å²) in [6.07, 6.45) is 4.52. The molecule has 3 aliphatic rings. The maximum absolute atomic E-state index is 14.8. The number of rotatable bonds is 3. The molecule has 11 nitrogen and oxygen atoms in total. The number of benzene rings is 2. The SMILES string of the molecule is [2H]C([2H])([2H])n1nc2c3c(c(N4C=CN(c5c6c(nn5-c5cc(C)c(F)c(C)c5)CCN(C(=O)OC(C)(C)C)[C@H]6C)C4=C=O)ccc31)OCCC2. The highest BCUT2D eigenvalue weighted by molar-refractivity contribution is 5.96. The van der Waals surface area contributed by atoms with E-state index in [4.69, 9.17) is 18.7 Å². The number of nitrogens with zero attached hydrogens (tertiary/aromatic N) is 7. The minimum Gasteiger partial charge on any atom is -0.491 e. The Balaban J connectivity index is 1.38. The van der Waals surface area contributed by atoms with E-state index in [1.54, 1.807) is 69.9 Å². The molecule has 4 aromatic rings. The summed E-state index contributed by atoms with van der Waals surface area (Å²) in [6, 6.07) is 6.26. The molecule has 7 rings (SSSR count). The summed E-state index contributed by atoms with van der Waals surface area (Å²) < 4.78 is 53.6. The molecule has 0 N–H and O–H groups in total. The van der Waals surface area contributed by atoms with Gasteiger partial charge in [0.25, 0.3) is 0 Å². The second-order valence-electron chi connectivity index (χ2n) is 13.2. The van der Waals surface area contributed by atoms with Crippen LogP contribution >= 0.6 is 0 Å². The van der Waals surface area contributed by atoms with Gasteiger partial charge in [0.2, 0.25) is 5.82 Å². The molecule has 47 heavy (non-hydrogen) atoms. The number of carbonyl (C=O) groups excluding carboxylic acids is 2. The van der Waals surface area contributed by atoms with Crippen LogP contribution in [0.15, 0.2) is 42.5 Å².